The molecule has 38 heavy (non-hydrogen) atoms. The highest BCUT2D eigenvalue weighted by Gasteiger charge is 2.66. The molecule has 2 fully saturated rings. The third-order valence-corrected chi connectivity index (χ3v) is 7.07. The molecule has 0 spiro atoms. The molecule has 1 aromatic carbocycles. The summed E-state index contributed by atoms with van der Waals surface area (Å²) in [6.07, 6.45) is 2.94. The van der Waals surface area contributed by atoms with Crippen LogP contribution in [0.4, 0.5) is 23.4 Å². The summed E-state index contributed by atoms with van der Waals surface area (Å²) in [4.78, 5) is 21.2. The van der Waals surface area contributed by atoms with Gasteiger partial charge >= 0.3 is 6.18 Å². The zero-order valence-electron chi connectivity index (χ0n) is 20.0. The van der Waals surface area contributed by atoms with Crippen LogP contribution in [-0.2, 0) is 23.1 Å². The van der Waals surface area contributed by atoms with Crippen molar-refractivity contribution in [3.8, 4) is 11.1 Å². The Hall–Kier alpha value is -4.09. The predicted octanol–water partition coefficient (Wildman–Crippen LogP) is 5.24. The van der Waals surface area contributed by atoms with Gasteiger partial charge < -0.3 is 9.84 Å². The van der Waals surface area contributed by atoms with Crippen molar-refractivity contribution in [3.63, 3.8) is 0 Å². The van der Waals surface area contributed by atoms with E-state index in [4.69, 9.17) is 4.52 Å². The molecular formula is C26H22F4N6O2. The Bertz CT molecular complexity index is 1490. The van der Waals surface area contributed by atoms with Gasteiger partial charge in [0.05, 0.1) is 12.6 Å². The van der Waals surface area contributed by atoms with Gasteiger partial charge in [0, 0.05) is 47.6 Å². The van der Waals surface area contributed by atoms with Crippen LogP contribution in [-0.4, -0.2) is 37.4 Å². The third-order valence-electron chi connectivity index (χ3n) is 7.07. The monoisotopic (exact) mass is 526 g/mol. The van der Waals surface area contributed by atoms with E-state index in [2.05, 4.69) is 30.6 Å². The van der Waals surface area contributed by atoms with Gasteiger partial charge in [-0.1, -0.05) is 17.3 Å². The van der Waals surface area contributed by atoms with E-state index in [1.165, 1.54) is 12.1 Å². The molecule has 12 heteroatoms. The maximum atomic E-state index is 14.8. The Morgan fingerprint density at radius 1 is 1.08 bits per heavy atom. The molecule has 196 valence electrons. The zero-order valence-corrected chi connectivity index (χ0v) is 20.0. The largest absolute Gasteiger partial charge is 0.401 e. The number of anilines is 1. The van der Waals surface area contributed by atoms with E-state index in [9.17, 15) is 22.4 Å². The van der Waals surface area contributed by atoms with Gasteiger partial charge in [-0.25, -0.2) is 14.4 Å². The van der Waals surface area contributed by atoms with Gasteiger partial charge in [0.2, 0.25) is 5.91 Å². The fourth-order valence-corrected chi connectivity index (χ4v) is 4.54. The van der Waals surface area contributed by atoms with Crippen LogP contribution in [0.3, 0.4) is 0 Å². The summed E-state index contributed by atoms with van der Waals surface area (Å²) in [5.74, 6) is -0.556. The number of rotatable bonds is 8. The maximum absolute atomic E-state index is 14.8. The molecule has 2 saturated carbocycles. The lowest BCUT2D eigenvalue weighted by molar-refractivity contribution is -0.165. The van der Waals surface area contributed by atoms with Crippen LogP contribution in [0.2, 0.25) is 0 Å². The molecule has 8 nitrogen and oxygen atoms in total. The second kappa shape index (κ2) is 9.03. The molecule has 2 N–H and O–H groups in total. The zero-order chi connectivity index (χ0) is 26.5. The summed E-state index contributed by atoms with van der Waals surface area (Å²) in [6, 6.07) is 5.49. The van der Waals surface area contributed by atoms with Gasteiger partial charge in [0.25, 0.3) is 0 Å². The fourth-order valence-electron chi connectivity index (χ4n) is 4.54. The van der Waals surface area contributed by atoms with Crippen molar-refractivity contribution in [1.82, 2.24) is 25.3 Å². The van der Waals surface area contributed by atoms with Crippen molar-refractivity contribution < 1.29 is 26.9 Å². The SMILES string of the molecule is O=C(Cc1ccc(-c2cnc(Cc3cn[nH]c3C3CC3)nc2)cc1F)Nc1cc(C2(C(F)(F)F)CC2)on1. The van der Waals surface area contributed by atoms with Gasteiger partial charge in [-0.15, -0.1) is 0 Å². The molecular weight excluding hydrogens is 504 g/mol. The Morgan fingerprint density at radius 2 is 1.84 bits per heavy atom. The molecule has 3 aromatic heterocycles. The van der Waals surface area contributed by atoms with Crippen LogP contribution in [0, 0.1) is 5.82 Å². The van der Waals surface area contributed by atoms with Crippen LogP contribution >= 0.6 is 0 Å². The van der Waals surface area contributed by atoms with Crippen molar-refractivity contribution in [2.24, 2.45) is 0 Å². The molecule has 0 radical (unpaired) electrons. The molecule has 0 aliphatic heterocycles. The Kier molecular flexibility index (Phi) is 5.77. The first-order valence-corrected chi connectivity index (χ1v) is 12.2. The van der Waals surface area contributed by atoms with Crippen LogP contribution in [0.1, 0.15) is 60.0 Å². The predicted molar refractivity (Wildman–Crippen MR) is 127 cm³/mol. The van der Waals surface area contributed by atoms with Gasteiger partial charge in [-0.3, -0.25) is 9.89 Å². The summed E-state index contributed by atoms with van der Waals surface area (Å²) < 4.78 is 59.4. The second-order valence-electron chi connectivity index (χ2n) is 9.84. The third kappa shape index (κ3) is 4.66. The van der Waals surface area contributed by atoms with Crippen LogP contribution in [0.5, 0.6) is 0 Å². The minimum atomic E-state index is -4.45. The molecule has 0 atom stereocenters. The van der Waals surface area contributed by atoms with Gasteiger partial charge in [-0.2, -0.15) is 18.3 Å². The maximum Gasteiger partial charge on any atom is 0.401 e. The standard InChI is InChI=1S/C26H22F4N6O2/c27-19-7-15(18-11-31-21(32-12-18)8-17-13-33-35-24(17)14-1-2-14)3-4-16(19)9-23(37)34-22-10-20(38-36-22)25(5-6-25)26(28,29)30/h3-4,7,10-14H,1-2,5-6,8-9H2,(H,33,35)(H,34,36,37). The summed E-state index contributed by atoms with van der Waals surface area (Å²) in [6.45, 7) is 0. The van der Waals surface area contributed by atoms with Gasteiger partial charge in [0.1, 0.15) is 17.1 Å². The van der Waals surface area contributed by atoms with Gasteiger partial charge in [-0.05, 0) is 42.9 Å². The number of alkyl halides is 3. The molecule has 3 heterocycles. The molecule has 4 aromatic rings. The van der Waals surface area contributed by atoms with E-state index in [-0.39, 0.29) is 36.4 Å². The van der Waals surface area contributed by atoms with Crippen LogP contribution in [0.25, 0.3) is 11.1 Å². The first-order chi connectivity index (χ1) is 18.2. The van der Waals surface area contributed by atoms with Crippen molar-refractivity contribution in [2.45, 2.75) is 56.0 Å². The minimum absolute atomic E-state index is 0.0872. The lowest BCUT2D eigenvalue weighted by Gasteiger charge is -2.14. The number of aromatic nitrogens is 5. The molecule has 2 aliphatic carbocycles. The van der Waals surface area contributed by atoms with E-state index >= 15 is 0 Å². The number of carbonyl (C=O) groups excluding carboxylic acids is 1. The molecule has 0 bridgehead atoms. The highest BCUT2D eigenvalue weighted by molar-refractivity contribution is 5.91. The second-order valence-corrected chi connectivity index (χ2v) is 9.84. The first kappa shape index (κ1) is 24.3. The lowest BCUT2D eigenvalue weighted by Crippen LogP contribution is -2.28. The van der Waals surface area contributed by atoms with Crippen molar-refractivity contribution in [2.75, 3.05) is 5.32 Å². The number of amides is 1. The highest BCUT2D eigenvalue weighted by atomic mass is 19.4. The average Bonchev–Trinajstić information content (AvgIpc) is 3.80. The number of nitrogens with one attached hydrogen (secondary N) is 2. The van der Waals surface area contributed by atoms with Crippen LogP contribution < -0.4 is 5.32 Å². The summed E-state index contributed by atoms with van der Waals surface area (Å²) in [5, 5.41) is 13.1. The fraction of sp³-hybridized carbons (Fsp3) is 0.346. The van der Waals surface area contributed by atoms with Crippen molar-refractivity contribution >= 4 is 11.7 Å². The number of halogens is 4. The topological polar surface area (TPSA) is 110 Å². The Morgan fingerprint density at radius 3 is 2.50 bits per heavy atom. The number of hydrogen-bond acceptors (Lipinski definition) is 6. The van der Waals surface area contributed by atoms with Gasteiger partial charge in [0.15, 0.2) is 11.6 Å². The Balaban J connectivity index is 1.08. The van der Waals surface area contributed by atoms with Crippen LogP contribution in [0.15, 0.2) is 47.4 Å². The smallest absolute Gasteiger partial charge is 0.358 e. The normalized spacial score (nSPS) is 16.4. The highest BCUT2D eigenvalue weighted by Crippen LogP contribution is 2.59. The number of aromatic amines is 1. The minimum Gasteiger partial charge on any atom is -0.358 e. The molecule has 0 unspecified atom stereocenters. The summed E-state index contributed by atoms with van der Waals surface area (Å²) in [7, 11) is 0. The quantitative estimate of drug-likeness (QED) is 0.304. The number of hydrogen-bond donors (Lipinski definition) is 2. The van der Waals surface area contributed by atoms with Crippen molar-refractivity contribution in [1.29, 1.82) is 0 Å². The van der Waals surface area contributed by atoms with E-state index in [0.29, 0.717) is 29.3 Å². The molecule has 1 amide bonds. The average molecular weight is 526 g/mol. The van der Waals surface area contributed by atoms with Crippen molar-refractivity contribution in [3.05, 3.63) is 77.1 Å². The molecule has 2 aliphatic rings. The summed E-state index contributed by atoms with van der Waals surface area (Å²) >= 11 is 0. The molecule has 6 rings (SSSR count). The number of H-pyrrole nitrogens is 1. The van der Waals surface area contributed by atoms with E-state index in [1.54, 1.807) is 24.7 Å². The molecule has 0 saturated heterocycles. The van der Waals surface area contributed by atoms with E-state index in [0.717, 1.165) is 30.2 Å². The number of benzene rings is 1. The first-order valence-electron chi connectivity index (χ1n) is 12.2. The Labute approximate surface area is 213 Å². The van der Waals surface area contributed by atoms with E-state index in [1.807, 2.05) is 0 Å². The summed E-state index contributed by atoms with van der Waals surface area (Å²) in [5.41, 5.74) is 1.45. The number of nitrogens with zero attached hydrogens (tertiary/aromatic N) is 4. The number of carbonyl (C=O) groups is 1. The lowest BCUT2D eigenvalue weighted by atomic mass is 10.0. The van der Waals surface area contributed by atoms with E-state index < -0.39 is 23.3 Å².